The molecule has 30 heavy (non-hydrogen) atoms. The van der Waals surface area contributed by atoms with E-state index in [1.165, 1.54) is 12.1 Å². The van der Waals surface area contributed by atoms with Crippen LogP contribution in [0.2, 0.25) is 0 Å². The fraction of sp³-hybridized carbons (Fsp3) is 0.304. The summed E-state index contributed by atoms with van der Waals surface area (Å²) < 4.78 is 46.8. The van der Waals surface area contributed by atoms with Gasteiger partial charge in [0.05, 0.1) is 16.8 Å². The Labute approximate surface area is 173 Å². The molecular formula is C23H23F3N2O2. The summed E-state index contributed by atoms with van der Waals surface area (Å²) in [5.41, 5.74) is -0.0459. The quantitative estimate of drug-likeness (QED) is 0.529. The Hall–Kier alpha value is -3.09. The highest BCUT2D eigenvalue weighted by Gasteiger charge is 2.34. The second-order valence-corrected chi connectivity index (χ2v) is 6.84. The van der Waals surface area contributed by atoms with Crippen molar-refractivity contribution in [1.29, 1.82) is 0 Å². The molecular weight excluding hydrogens is 393 g/mol. The maximum atomic E-state index is 13.6. The third kappa shape index (κ3) is 4.40. The van der Waals surface area contributed by atoms with Gasteiger partial charge in [-0.25, -0.2) is 4.98 Å². The highest BCUT2D eigenvalue weighted by atomic mass is 19.4. The lowest BCUT2D eigenvalue weighted by Gasteiger charge is -2.24. The number of ether oxygens (including phenoxy) is 1. The third-order valence-corrected chi connectivity index (χ3v) is 4.90. The van der Waals surface area contributed by atoms with Crippen LogP contribution in [-0.2, 0) is 11.0 Å². The number of fused-ring (bicyclic) bond motifs is 1. The van der Waals surface area contributed by atoms with Crippen molar-refractivity contribution < 1.29 is 22.7 Å². The summed E-state index contributed by atoms with van der Waals surface area (Å²) in [6.07, 6.45) is -5.42. The van der Waals surface area contributed by atoms with E-state index in [4.69, 9.17) is 4.74 Å². The number of para-hydroxylation sites is 1. The number of pyridine rings is 1. The van der Waals surface area contributed by atoms with Crippen LogP contribution in [0.4, 0.5) is 13.2 Å². The molecule has 158 valence electrons. The molecule has 0 aliphatic carbocycles. The van der Waals surface area contributed by atoms with E-state index in [1.54, 1.807) is 42.2 Å². The van der Waals surface area contributed by atoms with Crippen LogP contribution >= 0.6 is 0 Å². The van der Waals surface area contributed by atoms with Crippen LogP contribution in [0.3, 0.4) is 0 Å². The number of aromatic nitrogens is 1. The number of rotatable bonds is 6. The molecule has 2 aromatic carbocycles. The molecule has 7 heteroatoms. The third-order valence-electron chi connectivity index (χ3n) is 4.90. The summed E-state index contributed by atoms with van der Waals surface area (Å²) in [5, 5.41) is 0.212. The zero-order chi connectivity index (χ0) is 21.9. The molecule has 3 rings (SSSR count). The predicted molar refractivity (Wildman–Crippen MR) is 110 cm³/mol. The lowest BCUT2D eigenvalue weighted by atomic mass is 10.0. The summed E-state index contributed by atoms with van der Waals surface area (Å²) in [7, 11) is 0. The molecule has 0 bridgehead atoms. The molecule has 0 spiro atoms. The lowest BCUT2D eigenvalue weighted by molar-refractivity contribution is -0.138. The maximum Gasteiger partial charge on any atom is 0.418 e. The van der Waals surface area contributed by atoms with Gasteiger partial charge in [0, 0.05) is 30.1 Å². The van der Waals surface area contributed by atoms with Gasteiger partial charge in [0.25, 0.3) is 5.91 Å². The number of amides is 1. The average molecular weight is 416 g/mol. The zero-order valence-electron chi connectivity index (χ0n) is 17.0. The Morgan fingerprint density at radius 3 is 2.33 bits per heavy atom. The number of likely N-dealkylation sites (N-methyl/N-ethyl adjacent to an activating group) is 1. The summed E-state index contributed by atoms with van der Waals surface area (Å²) in [6.45, 7) is 6.36. The summed E-state index contributed by atoms with van der Waals surface area (Å²) in [5.74, 6) is -0.0313. The molecule has 0 fully saturated rings. The van der Waals surface area contributed by atoms with Gasteiger partial charge < -0.3 is 9.64 Å². The Morgan fingerprint density at radius 2 is 1.73 bits per heavy atom. The van der Waals surface area contributed by atoms with Gasteiger partial charge >= 0.3 is 6.18 Å². The Morgan fingerprint density at radius 1 is 1.07 bits per heavy atom. The van der Waals surface area contributed by atoms with E-state index in [2.05, 4.69) is 4.98 Å². The molecule has 3 aromatic rings. The van der Waals surface area contributed by atoms with Gasteiger partial charge in [-0.05, 0) is 32.9 Å². The van der Waals surface area contributed by atoms with E-state index in [-0.39, 0.29) is 22.6 Å². The van der Waals surface area contributed by atoms with E-state index in [0.29, 0.717) is 24.3 Å². The number of nitrogens with zero attached hydrogens (tertiary/aromatic N) is 2. The number of halogens is 3. The van der Waals surface area contributed by atoms with Gasteiger partial charge in [0.1, 0.15) is 5.75 Å². The number of carbonyl (C=O) groups excluding carboxylic acids is 1. The maximum absolute atomic E-state index is 13.6. The molecule has 4 nitrogen and oxygen atoms in total. The highest BCUT2D eigenvalue weighted by Crippen LogP contribution is 2.38. The monoisotopic (exact) mass is 416 g/mol. The summed E-state index contributed by atoms with van der Waals surface area (Å²) >= 11 is 0. The first kappa shape index (κ1) is 21.6. The van der Waals surface area contributed by atoms with Crippen LogP contribution in [0.5, 0.6) is 5.75 Å². The van der Waals surface area contributed by atoms with Crippen LogP contribution in [0, 0.1) is 0 Å². The molecule has 1 unspecified atom stereocenters. The number of alkyl halides is 3. The minimum atomic E-state index is -4.57. The van der Waals surface area contributed by atoms with Crippen LogP contribution in [0.1, 0.15) is 26.3 Å². The SMILES string of the molecule is CCN(CC)C(=O)C(C)Oc1cc(-c2ccccc2)nc2c(C(F)(F)F)cccc12. The lowest BCUT2D eigenvalue weighted by Crippen LogP contribution is -2.40. The fourth-order valence-electron chi connectivity index (χ4n) is 3.33. The van der Waals surface area contributed by atoms with Gasteiger partial charge in [-0.3, -0.25) is 4.79 Å². The van der Waals surface area contributed by atoms with E-state index in [0.717, 1.165) is 6.07 Å². The van der Waals surface area contributed by atoms with Crippen molar-refractivity contribution in [2.24, 2.45) is 0 Å². The molecule has 0 saturated heterocycles. The molecule has 0 radical (unpaired) electrons. The topological polar surface area (TPSA) is 42.4 Å². The summed E-state index contributed by atoms with van der Waals surface area (Å²) in [6, 6.07) is 14.3. The Balaban J connectivity index is 2.16. The summed E-state index contributed by atoms with van der Waals surface area (Å²) in [4.78, 5) is 18.5. The van der Waals surface area contributed by atoms with Crippen molar-refractivity contribution in [3.8, 4) is 17.0 Å². The zero-order valence-corrected chi connectivity index (χ0v) is 17.0. The van der Waals surface area contributed by atoms with Crippen LogP contribution in [-0.4, -0.2) is 35.0 Å². The fourth-order valence-corrected chi connectivity index (χ4v) is 3.33. The Bertz CT molecular complexity index is 1030. The first-order valence-electron chi connectivity index (χ1n) is 9.78. The minimum absolute atomic E-state index is 0.193. The van der Waals surface area contributed by atoms with Crippen LogP contribution in [0.25, 0.3) is 22.2 Å². The molecule has 1 amide bonds. The number of carbonyl (C=O) groups is 1. The second kappa shape index (κ2) is 8.73. The molecule has 0 N–H and O–H groups in total. The molecule has 0 aliphatic rings. The minimum Gasteiger partial charge on any atom is -0.480 e. The number of hydrogen-bond donors (Lipinski definition) is 0. The number of benzene rings is 2. The average Bonchev–Trinajstić information content (AvgIpc) is 2.73. The van der Waals surface area contributed by atoms with Crippen molar-refractivity contribution in [3.63, 3.8) is 0 Å². The normalized spacial score (nSPS) is 12.6. The molecule has 1 atom stereocenters. The van der Waals surface area contributed by atoms with Crippen LogP contribution in [0.15, 0.2) is 54.6 Å². The van der Waals surface area contributed by atoms with Gasteiger partial charge in [-0.15, -0.1) is 0 Å². The van der Waals surface area contributed by atoms with E-state index in [9.17, 15) is 18.0 Å². The number of hydrogen-bond acceptors (Lipinski definition) is 3. The van der Waals surface area contributed by atoms with E-state index < -0.39 is 17.8 Å². The van der Waals surface area contributed by atoms with Gasteiger partial charge in [-0.1, -0.05) is 36.4 Å². The smallest absolute Gasteiger partial charge is 0.418 e. The molecule has 0 saturated carbocycles. The molecule has 1 aromatic heterocycles. The standard InChI is InChI=1S/C23H23F3N2O2/c1-4-28(5-2)22(29)15(3)30-20-14-19(16-10-7-6-8-11-16)27-21-17(20)12-9-13-18(21)23(24,25)26/h6-15H,4-5H2,1-3H3. The first-order chi connectivity index (χ1) is 14.3. The van der Waals surface area contributed by atoms with E-state index in [1.807, 2.05) is 19.9 Å². The van der Waals surface area contributed by atoms with Crippen LogP contribution < -0.4 is 4.74 Å². The molecule has 1 heterocycles. The van der Waals surface area contributed by atoms with Gasteiger partial charge in [0.2, 0.25) is 0 Å². The predicted octanol–water partition coefficient (Wildman–Crippen LogP) is 5.56. The first-order valence-corrected chi connectivity index (χ1v) is 9.78. The van der Waals surface area contributed by atoms with E-state index >= 15 is 0 Å². The van der Waals surface area contributed by atoms with Crippen molar-refractivity contribution >= 4 is 16.8 Å². The van der Waals surface area contributed by atoms with Crippen molar-refractivity contribution in [2.75, 3.05) is 13.1 Å². The van der Waals surface area contributed by atoms with Crippen molar-refractivity contribution in [2.45, 2.75) is 33.1 Å². The molecule has 0 aliphatic heterocycles. The van der Waals surface area contributed by atoms with Gasteiger partial charge in [0.15, 0.2) is 6.10 Å². The highest BCUT2D eigenvalue weighted by molar-refractivity contribution is 5.91. The van der Waals surface area contributed by atoms with Crippen molar-refractivity contribution in [3.05, 3.63) is 60.2 Å². The Kier molecular flexibility index (Phi) is 6.29. The second-order valence-electron chi connectivity index (χ2n) is 6.84. The van der Waals surface area contributed by atoms with Gasteiger partial charge in [-0.2, -0.15) is 13.2 Å². The van der Waals surface area contributed by atoms with Crippen molar-refractivity contribution in [1.82, 2.24) is 9.88 Å². The largest absolute Gasteiger partial charge is 0.480 e.